The minimum atomic E-state index is -4.47. The topological polar surface area (TPSA) is 37.5 Å². The lowest BCUT2D eigenvalue weighted by atomic mass is 10.1. The van der Waals surface area contributed by atoms with Crippen molar-refractivity contribution in [2.75, 3.05) is 0 Å². The molecule has 2 heterocycles. The fourth-order valence-corrected chi connectivity index (χ4v) is 4.12. The lowest BCUT2D eigenvalue weighted by molar-refractivity contribution is -0.137. The summed E-state index contributed by atoms with van der Waals surface area (Å²) >= 11 is 6.39. The second-order valence-corrected chi connectivity index (χ2v) is 7.49. The van der Waals surface area contributed by atoms with Crippen LogP contribution < -0.4 is 0 Å². The number of benzene rings is 2. The molecule has 27 heavy (non-hydrogen) atoms. The Labute approximate surface area is 161 Å². The molecule has 0 saturated carbocycles. The van der Waals surface area contributed by atoms with Gasteiger partial charge in [-0.3, -0.25) is 9.56 Å². The maximum Gasteiger partial charge on any atom is 0.416 e. The monoisotopic (exact) mass is 404 g/mol. The van der Waals surface area contributed by atoms with Crippen LogP contribution in [0.15, 0.2) is 53.5 Å². The Balaban J connectivity index is 1.80. The number of allylic oxidation sites excluding steroid dienone is 1. The number of para-hydroxylation sites is 1. The van der Waals surface area contributed by atoms with Gasteiger partial charge in [0.25, 0.3) is 0 Å². The van der Waals surface area contributed by atoms with Crippen molar-refractivity contribution in [3.63, 3.8) is 0 Å². The van der Waals surface area contributed by atoms with Crippen molar-refractivity contribution in [1.29, 1.82) is 0 Å². The number of fused-ring (bicyclic) bond motifs is 1. The third kappa shape index (κ3) is 3.22. The molecule has 1 aromatic heterocycles. The molecule has 8 heteroatoms. The van der Waals surface area contributed by atoms with Crippen LogP contribution in [0.2, 0.25) is 0 Å². The van der Waals surface area contributed by atoms with E-state index in [-0.39, 0.29) is 15.5 Å². The normalized spacial score (nSPS) is 14.7. The van der Waals surface area contributed by atoms with Gasteiger partial charge >= 0.3 is 6.18 Å². The lowest BCUT2D eigenvalue weighted by Crippen LogP contribution is -2.06. The number of hydrogen-bond donors (Lipinski definition) is 1. The molecule has 0 amide bonds. The summed E-state index contributed by atoms with van der Waals surface area (Å²) in [5.74, 6) is -0.199. The number of nitrogens with zero attached hydrogens (tertiary/aromatic N) is 2. The third-order valence-corrected chi connectivity index (χ3v) is 5.40. The first kappa shape index (κ1) is 17.7. The number of aromatic nitrogens is 1. The number of rotatable bonds is 2. The van der Waals surface area contributed by atoms with Gasteiger partial charge in [0.05, 0.1) is 21.8 Å². The Morgan fingerprint density at radius 3 is 2.67 bits per heavy atom. The molecule has 3 nitrogen and oxygen atoms in total. The van der Waals surface area contributed by atoms with Crippen molar-refractivity contribution in [1.82, 2.24) is 4.57 Å². The maximum absolute atomic E-state index is 13.0. The predicted molar refractivity (Wildman–Crippen MR) is 104 cm³/mol. The van der Waals surface area contributed by atoms with Crippen molar-refractivity contribution in [2.45, 2.75) is 6.18 Å². The highest BCUT2D eigenvalue weighted by Gasteiger charge is 2.30. The predicted octanol–water partition coefficient (Wildman–Crippen LogP) is 6.25. The molecule has 1 aliphatic heterocycles. The van der Waals surface area contributed by atoms with E-state index in [1.54, 1.807) is 12.3 Å². The maximum atomic E-state index is 13.0. The van der Waals surface area contributed by atoms with E-state index in [9.17, 15) is 18.3 Å². The summed E-state index contributed by atoms with van der Waals surface area (Å²) in [7, 11) is 0. The largest absolute Gasteiger partial charge is 0.493 e. The highest BCUT2D eigenvalue weighted by molar-refractivity contribution is 7.73. The van der Waals surface area contributed by atoms with Crippen LogP contribution in [0.5, 0.6) is 5.88 Å². The van der Waals surface area contributed by atoms with Crippen LogP contribution in [0.4, 0.5) is 18.9 Å². The van der Waals surface area contributed by atoms with Gasteiger partial charge in [-0.05, 0) is 42.6 Å². The second-order valence-electron chi connectivity index (χ2n) is 5.81. The molecule has 2 aromatic carbocycles. The van der Waals surface area contributed by atoms with Crippen LogP contribution in [-0.2, 0) is 6.18 Å². The zero-order valence-corrected chi connectivity index (χ0v) is 15.2. The molecule has 0 radical (unpaired) electrons. The molecule has 4 rings (SSSR count). The van der Waals surface area contributed by atoms with Crippen LogP contribution in [0.25, 0.3) is 17.3 Å². The summed E-state index contributed by atoms with van der Waals surface area (Å²) in [6.07, 6.45) is -1.06. The molecule has 3 aromatic rings. The molecule has 0 fully saturated rings. The smallest absolute Gasteiger partial charge is 0.416 e. The fraction of sp³-hybridized carbons (Fsp3) is 0.0526. The minimum Gasteiger partial charge on any atom is -0.493 e. The van der Waals surface area contributed by atoms with Gasteiger partial charge in [0.15, 0.2) is 3.95 Å². The van der Waals surface area contributed by atoms with E-state index in [1.165, 1.54) is 16.7 Å². The summed E-state index contributed by atoms with van der Waals surface area (Å²) in [5.41, 5.74) is 1.90. The average molecular weight is 404 g/mol. The van der Waals surface area contributed by atoms with Crippen molar-refractivity contribution in [2.24, 2.45) is 4.99 Å². The number of halogens is 3. The van der Waals surface area contributed by atoms with Crippen molar-refractivity contribution >= 4 is 47.1 Å². The number of thiazole rings is 1. The van der Waals surface area contributed by atoms with E-state index in [0.717, 1.165) is 40.3 Å². The fourth-order valence-electron chi connectivity index (χ4n) is 2.82. The van der Waals surface area contributed by atoms with Crippen LogP contribution in [0.1, 0.15) is 16.0 Å². The molecule has 0 aliphatic carbocycles. The average Bonchev–Trinajstić information content (AvgIpc) is 3.16. The van der Waals surface area contributed by atoms with E-state index in [4.69, 9.17) is 12.2 Å². The molecule has 0 bridgehead atoms. The van der Waals surface area contributed by atoms with E-state index >= 15 is 0 Å². The first-order valence-electron chi connectivity index (χ1n) is 7.82. The molecular formula is C19H11F3N2OS2. The zero-order chi connectivity index (χ0) is 19.2. The van der Waals surface area contributed by atoms with E-state index in [2.05, 4.69) is 4.99 Å². The Morgan fingerprint density at radius 1 is 1.11 bits per heavy atom. The number of hydrogen-bond acceptors (Lipinski definition) is 4. The summed E-state index contributed by atoms with van der Waals surface area (Å²) in [5, 5.41) is 10.6. The minimum absolute atomic E-state index is 0.161. The standard InChI is InChI=1S/C19H11F3N2OS2/c20-19(21,22)12-4-3-5-13(9-12)24-17(25)16(27-18(24)26)8-11-10-23-15-7-2-1-6-14(11)15/h1-10,25H/b11-8+. The number of aliphatic imine (C=N–C) groups is 1. The molecule has 0 unspecified atom stereocenters. The van der Waals surface area contributed by atoms with Gasteiger partial charge in [0, 0.05) is 17.4 Å². The first-order valence-corrected chi connectivity index (χ1v) is 9.05. The second kappa shape index (κ2) is 6.47. The molecule has 1 aliphatic rings. The summed E-state index contributed by atoms with van der Waals surface area (Å²) < 4.78 is 40.4. The van der Waals surface area contributed by atoms with Gasteiger partial charge in [0.1, 0.15) is 0 Å². The van der Waals surface area contributed by atoms with Crippen LogP contribution in [-0.4, -0.2) is 15.9 Å². The highest BCUT2D eigenvalue weighted by Crippen LogP contribution is 2.37. The Morgan fingerprint density at radius 2 is 1.89 bits per heavy atom. The van der Waals surface area contributed by atoms with Crippen molar-refractivity contribution < 1.29 is 18.3 Å². The van der Waals surface area contributed by atoms with E-state index in [0.29, 0.717) is 4.88 Å². The zero-order valence-electron chi connectivity index (χ0n) is 13.6. The van der Waals surface area contributed by atoms with Gasteiger partial charge in [-0.25, -0.2) is 0 Å². The molecule has 0 atom stereocenters. The first-order chi connectivity index (χ1) is 12.8. The molecule has 0 saturated heterocycles. The lowest BCUT2D eigenvalue weighted by Gasteiger charge is -2.10. The molecular weight excluding hydrogens is 393 g/mol. The Bertz CT molecular complexity index is 1160. The van der Waals surface area contributed by atoms with Gasteiger partial charge in [-0.2, -0.15) is 13.2 Å². The van der Waals surface area contributed by atoms with Gasteiger partial charge in [-0.15, -0.1) is 11.3 Å². The van der Waals surface area contributed by atoms with Crippen LogP contribution in [0, 0.1) is 3.95 Å². The summed E-state index contributed by atoms with van der Waals surface area (Å²) in [6, 6.07) is 12.3. The van der Waals surface area contributed by atoms with Crippen LogP contribution >= 0.6 is 23.6 Å². The summed E-state index contributed by atoms with van der Waals surface area (Å²) in [6.45, 7) is 0. The van der Waals surface area contributed by atoms with Crippen molar-refractivity contribution in [3.05, 3.63) is 68.5 Å². The third-order valence-electron chi connectivity index (χ3n) is 4.09. The van der Waals surface area contributed by atoms with Crippen molar-refractivity contribution in [3.8, 4) is 11.6 Å². The van der Waals surface area contributed by atoms with Gasteiger partial charge in [0.2, 0.25) is 5.88 Å². The quantitative estimate of drug-likeness (QED) is 0.513. The SMILES string of the molecule is Oc1c(/C=C2\C=Nc3ccccc32)sc(=S)n1-c1cccc(C(F)(F)F)c1. The molecule has 136 valence electrons. The molecule has 0 spiro atoms. The number of aromatic hydroxyl groups is 1. The van der Waals surface area contributed by atoms with Gasteiger partial charge < -0.3 is 5.11 Å². The highest BCUT2D eigenvalue weighted by atomic mass is 32.1. The van der Waals surface area contributed by atoms with Crippen LogP contribution in [0.3, 0.4) is 0 Å². The van der Waals surface area contributed by atoms with E-state index in [1.807, 2.05) is 24.3 Å². The van der Waals surface area contributed by atoms with E-state index < -0.39 is 11.7 Å². The van der Waals surface area contributed by atoms with Gasteiger partial charge in [-0.1, -0.05) is 24.3 Å². The molecule has 1 N–H and O–H groups in total. The Hall–Kier alpha value is -2.71. The number of alkyl halides is 3. The summed E-state index contributed by atoms with van der Waals surface area (Å²) in [4.78, 5) is 4.76. The Kier molecular flexibility index (Phi) is 4.24.